The third-order valence-corrected chi connectivity index (χ3v) is 2.76. The van der Waals surface area contributed by atoms with E-state index in [2.05, 4.69) is 18.9 Å². The van der Waals surface area contributed by atoms with Gasteiger partial charge in [-0.15, -0.1) is 0 Å². The molecule has 3 heteroatoms. The maximum absolute atomic E-state index is 5.67. The molecule has 3 nitrogen and oxygen atoms in total. The molecule has 2 aromatic rings. The first kappa shape index (κ1) is 10.7. The van der Waals surface area contributed by atoms with E-state index in [1.54, 1.807) is 0 Å². The monoisotopic (exact) mass is 215 g/mol. The lowest BCUT2D eigenvalue weighted by molar-refractivity contribution is 0.587. The Bertz CT molecular complexity index is 468. The second kappa shape index (κ2) is 4.39. The van der Waals surface area contributed by atoms with E-state index < -0.39 is 0 Å². The summed E-state index contributed by atoms with van der Waals surface area (Å²) in [6, 6.07) is 7.92. The Hall–Kier alpha value is -1.77. The Morgan fingerprint density at radius 3 is 2.56 bits per heavy atom. The van der Waals surface area contributed by atoms with Gasteiger partial charge in [-0.1, -0.05) is 19.1 Å². The van der Waals surface area contributed by atoms with Crippen molar-refractivity contribution in [2.75, 3.05) is 5.73 Å². The van der Waals surface area contributed by atoms with Crippen LogP contribution >= 0.6 is 0 Å². The summed E-state index contributed by atoms with van der Waals surface area (Å²) in [6.45, 7) is 5.24. The van der Waals surface area contributed by atoms with Crippen molar-refractivity contribution >= 4 is 5.69 Å². The fourth-order valence-electron chi connectivity index (χ4n) is 1.83. The van der Waals surface area contributed by atoms with Crippen molar-refractivity contribution in [1.82, 2.24) is 9.78 Å². The summed E-state index contributed by atoms with van der Waals surface area (Å²) in [7, 11) is 0. The fourth-order valence-corrected chi connectivity index (χ4v) is 1.83. The molecule has 0 aliphatic carbocycles. The molecule has 0 spiro atoms. The second-order valence-electron chi connectivity index (χ2n) is 3.99. The van der Waals surface area contributed by atoms with Crippen LogP contribution in [0.1, 0.15) is 19.0 Å². The number of nitrogens with zero attached hydrogens (tertiary/aromatic N) is 2. The minimum absolute atomic E-state index is 0.794. The summed E-state index contributed by atoms with van der Waals surface area (Å²) in [6.07, 6.45) is 3.03. The topological polar surface area (TPSA) is 43.8 Å². The zero-order valence-corrected chi connectivity index (χ0v) is 9.77. The zero-order valence-electron chi connectivity index (χ0n) is 9.77. The lowest BCUT2D eigenvalue weighted by Crippen LogP contribution is -2.00. The Balaban J connectivity index is 2.37. The number of benzene rings is 1. The molecule has 0 aliphatic rings. The third-order valence-electron chi connectivity index (χ3n) is 2.76. The molecule has 0 radical (unpaired) electrons. The predicted octanol–water partition coefficient (Wildman–Crippen LogP) is 2.85. The summed E-state index contributed by atoms with van der Waals surface area (Å²) >= 11 is 0. The van der Waals surface area contributed by atoms with Gasteiger partial charge in [0.2, 0.25) is 0 Å². The van der Waals surface area contributed by atoms with E-state index in [1.807, 2.05) is 35.1 Å². The third kappa shape index (κ3) is 1.94. The van der Waals surface area contributed by atoms with Crippen LogP contribution in [0.25, 0.3) is 11.1 Å². The normalized spacial score (nSPS) is 10.6. The van der Waals surface area contributed by atoms with Gasteiger partial charge in [0.25, 0.3) is 0 Å². The quantitative estimate of drug-likeness (QED) is 0.800. The van der Waals surface area contributed by atoms with Crippen molar-refractivity contribution in [3.05, 3.63) is 36.2 Å². The van der Waals surface area contributed by atoms with Crippen molar-refractivity contribution in [1.29, 1.82) is 0 Å². The number of hydrogen-bond acceptors (Lipinski definition) is 2. The number of anilines is 1. The minimum Gasteiger partial charge on any atom is -0.399 e. The lowest BCUT2D eigenvalue weighted by Gasteiger charge is -2.04. The fraction of sp³-hybridized carbons (Fsp3) is 0.308. The smallest absolute Gasteiger partial charge is 0.0571 e. The molecule has 2 rings (SSSR count). The van der Waals surface area contributed by atoms with Crippen molar-refractivity contribution in [2.45, 2.75) is 26.8 Å². The van der Waals surface area contributed by atoms with E-state index in [0.29, 0.717) is 0 Å². The molecule has 16 heavy (non-hydrogen) atoms. The Morgan fingerprint density at radius 2 is 1.94 bits per heavy atom. The number of hydrogen-bond donors (Lipinski definition) is 1. The van der Waals surface area contributed by atoms with Crippen LogP contribution < -0.4 is 5.73 Å². The first-order valence-corrected chi connectivity index (χ1v) is 5.60. The van der Waals surface area contributed by atoms with Gasteiger partial charge >= 0.3 is 0 Å². The molecule has 0 aliphatic heterocycles. The summed E-state index contributed by atoms with van der Waals surface area (Å²) in [4.78, 5) is 0. The highest BCUT2D eigenvalue weighted by atomic mass is 15.3. The predicted molar refractivity (Wildman–Crippen MR) is 67.1 cm³/mol. The molecule has 1 aromatic heterocycles. The largest absolute Gasteiger partial charge is 0.399 e. The number of aromatic nitrogens is 2. The molecule has 2 N–H and O–H groups in total. The molecule has 84 valence electrons. The molecule has 0 amide bonds. The van der Waals surface area contributed by atoms with Gasteiger partial charge in [-0.05, 0) is 31.0 Å². The van der Waals surface area contributed by atoms with Crippen LogP contribution in [-0.4, -0.2) is 9.78 Å². The highest BCUT2D eigenvalue weighted by Crippen LogP contribution is 2.23. The summed E-state index contributed by atoms with van der Waals surface area (Å²) < 4.78 is 2.05. The van der Waals surface area contributed by atoms with Crippen LogP contribution in [0.3, 0.4) is 0 Å². The second-order valence-corrected chi connectivity index (χ2v) is 3.99. The average Bonchev–Trinajstić information content (AvgIpc) is 2.63. The van der Waals surface area contributed by atoms with E-state index in [0.717, 1.165) is 18.7 Å². The van der Waals surface area contributed by atoms with Crippen molar-refractivity contribution < 1.29 is 0 Å². The lowest BCUT2D eigenvalue weighted by atomic mass is 10.1. The molecule has 0 atom stereocenters. The molecule has 0 unspecified atom stereocenters. The van der Waals surface area contributed by atoms with Gasteiger partial charge < -0.3 is 5.73 Å². The van der Waals surface area contributed by atoms with Gasteiger partial charge in [-0.3, -0.25) is 4.68 Å². The van der Waals surface area contributed by atoms with E-state index in [-0.39, 0.29) is 0 Å². The van der Waals surface area contributed by atoms with Crippen LogP contribution in [0.15, 0.2) is 30.5 Å². The van der Waals surface area contributed by atoms with Crippen molar-refractivity contribution in [3.63, 3.8) is 0 Å². The van der Waals surface area contributed by atoms with Gasteiger partial charge in [0.05, 0.1) is 6.20 Å². The number of nitrogen functional groups attached to an aromatic ring is 1. The van der Waals surface area contributed by atoms with E-state index in [4.69, 9.17) is 5.73 Å². The van der Waals surface area contributed by atoms with Gasteiger partial charge in [-0.2, -0.15) is 5.10 Å². The van der Waals surface area contributed by atoms with Gasteiger partial charge in [0, 0.05) is 23.5 Å². The molecule has 0 saturated carbocycles. The standard InChI is InChI=1S/C13H17N3/c1-3-8-16-10(2)13(9-15-16)11-4-6-12(14)7-5-11/h4-7,9H,3,8,14H2,1-2H3. The first-order valence-electron chi connectivity index (χ1n) is 5.60. The van der Waals surface area contributed by atoms with Crippen LogP contribution in [-0.2, 0) is 6.54 Å². The maximum Gasteiger partial charge on any atom is 0.0571 e. The number of aryl methyl sites for hydroxylation is 1. The first-order chi connectivity index (χ1) is 7.72. The highest BCUT2D eigenvalue weighted by Gasteiger charge is 2.07. The number of nitrogens with two attached hydrogens (primary N) is 1. The van der Waals surface area contributed by atoms with E-state index in [9.17, 15) is 0 Å². The van der Waals surface area contributed by atoms with Crippen molar-refractivity contribution in [2.24, 2.45) is 0 Å². The molecule has 0 fully saturated rings. The van der Waals surface area contributed by atoms with Gasteiger partial charge in [0.15, 0.2) is 0 Å². The van der Waals surface area contributed by atoms with Gasteiger partial charge in [-0.25, -0.2) is 0 Å². The van der Waals surface area contributed by atoms with Crippen LogP contribution in [0.2, 0.25) is 0 Å². The number of rotatable bonds is 3. The molecule has 1 heterocycles. The Labute approximate surface area is 95.9 Å². The maximum atomic E-state index is 5.67. The van der Waals surface area contributed by atoms with Gasteiger partial charge in [0.1, 0.15) is 0 Å². The molecular weight excluding hydrogens is 198 g/mol. The van der Waals surface area contributed by atoms with Crippen LogP contribution in [0, 0.1) is 6.92 Å². The molecule has 1 aromatic carbocycles. The summed E-state index contributed by atoms with van der Waals surface area (Å²) in [5, 5.41) is 4.39. The van der Waals surface area contributed by atoms with Crippen LogP contribution in [0.4, 0.5) is 5.69 Å². The Morgan fingerprint density at radius 1 is 1.25 bits per heavy atom. The van der Waals surface area contributed by atoms with E-state index >= 15 is 0 Å². The Kier molecular flexibility index (Phi) is 2.95. The molecular formula is C13H17N3. The van der Waals surface area contributed by atoms with E-state index in [1.165, 1.54) is 16.8 Å². The minimum atomic E-state index is 0.794. The highest BCUT2D eigenvalue weighted by molar-refractivity contribution is 5.66. The zero-order chi connectivity index (χ0) is 11.5. The molecule has 0 saturated heterocycles. The summed E-state index contributed by atoms with van der Waals surface area (Å²) in [5.41, 5.74) is 10.0. The van der Waals surface area contributed by atoms with Crippen LogP contribution in [0.5, 0.6) is 0 Å². The summed E-state index contributed by atoms with van der Waals surface area (Å²) in [5.74, 6) is 0. The molecule has 0 bridgehead atoms. The average molecular weight is 215 g/mol. The SMILES string of the molecule is CCCn1ncc(-c2ccc(N)cc2)c1C. The van der Waals surface area contributed by atoms with Crippen molar-refractivity contribution in [3.8, 4) is 11.1 Å².